The molecule has 0 amide bonds. The van der Waals surface area contributed by atoms with Gasteiger partial charge in [-0.1, -0.05) is 46.0 Å². The van der Waals surface area contributed by atoms with Crippen LogP contribution in [0.2, 0.25) is 4.68 Å². The summed E-state index contributed by atoms with van der Waals surface area (Å²) in [4.78, 5) is 0. The van der Waals surface area contributed by atoms with Gasteiger partial charge in [0.05, 0.1) is 0 Å². The first-order chi connectivity index (χ1) is 5.34. The van der Waals surface area contributed by atoms with Crippen LogP contribution in [0.25, 0.3) is 0 Å². The van der Waals surface area contributed by atoms with Crippen LogP contribution < -0.4 is 0 Å². The Bertz CT molecular complexity index is 74.9. The van der Waals surface area contributed by atoms with Gasteiger partial charge in [-0.3, -0.25) is 0 Å². The van der Waals surface area contributed by atoms with Crippen LogP contribution in [-0.2, 0) is 0 Å². The van der Waals surface area contributed by atoms with Crippen molar-refractivity contribution >= 4 is 24.4 Å². The Balaban J connectivity index is 0.000000461. The zero-order valence-electron chi connectivity index (χ0n) is 8.69. The van der Waals surface area contributed by atoms with Gasteiger partial charge in [-0.05, 0) is 11.8 Å². The van der Waals surface area contributed by atoms with E-state index in [0.29, 0.717) is 0 Å². The van der Waals surface area contributed by atoms with E-state index in [4.69, 9.17) is 0 Å². The van der Waals surface area contributed by atoms with Crippen molar-refractivity contribution in [3.63, 3.8) is 0 Å². The average molecular weight is 258 g/mol. The molecule has 66 valence electrons. The Kier molecular flexibility index (Phi) is 8.11. The molecule has 0 N–H and O–H groups in total. The van der Waals surface area contributed by atoms with Crippen LogP contribution >= 0.6 is 0 Å². The van der Waals surface area contributed by atoms with E-state index < -0.39 is 0 Å². The second kappa shape index (κ2) is 7.52. The molecule has 0 nitrogen and oxygen atoms in total. The summed E-state index contributed by atoms with van der Waals surface area (Å²) in [6, 6.07) is 0. The standard InChI is InChI=1S/C9H18.CH3.In.2H/c1-3-8(2)9-6-4-5-7-9;;;;/h8-9H,3-7H2,1-2H3;1H3;;;. The number of hydrogen-bond acceptors (Lipinski definition) is 0. The molecule has 0 spiro atoms. The fourth-order valence-electron chi connectivity index (χ4n) is 1.86. The van der Waals surface area contributed by atoms with Crippen molar-refractivity contribution in [1.82, 2.24) is 0 Å². The van der Waals surface area contributed by atoms with Crippen molar-refractivity contribution in [2.75, 3.05) is 0 Å². The maximum absolute atomic E-state index is 2.40. The van der Waals surface area contributed by atoms with Crippen LogP contribution in [0.5, 0.6) is 0 Å². The Hall–Kier alpha value is 0.870. The van der Waals surface area contributed by atoms with Crippen molar-refractivity contribution in [3.05, 3.63) is 0 Å². The minimum atomic E-state index is 0.950. The number of rotatable bonds is 2. The van der Waals surface area contributed by atoms with Gasteiger partial charge >= 0.3 is 29.1 Å². The van der Waals surface area contributed by atoms with Crippen molar-refractivity contribution in [1.29, 1.82) is 0 Å². The molecule has 0 bridgehead atoms. The molecule has 0 aliphatic heterocycles. The molecule has 1 saturated carbocycles. The van der Waals surface area contributed by atoms with Crippen molar-refractivity contribution in [3.8, 4) is 0 Å². The van der Waals surface area contributed by atoms with Crippen LogP contribution in [0, 0.1) is 11.8 Å². The van der Waals surface area contributed by atoms with Crippen LogP contribution in [0.3, 0.4) is 0 Å². The molecule has 1 rings (SSSR count). The molecule has 1 aliphatic rings. The average Bonchev–Trinajstić information content (AvgIpc) is 2.59. The Morgan fingerprint density at radius 3 is 2.09 bits per heavy atom. The molecular weight excluding hydrogens is 235 g/mol. The van der Waals surface area contributed by atoms with Crippen molar-refractivity contribution < 1.29 is 0 Å². The second-order valence-corrected chi connectivity index (χ2v) is 3.43. The molecule has 11 heavy (non-hydrogen) atoms. The van der Waals surface area contributed by atoms with E-state index in [9.17, 15) is 0 Å². The first-order valence-corrected chi connectivity index (χ1v) is 11.1. The van der Waals surface area contributed by atoms with Gasteiger partial charge in [-0.25, -0.2) is 0 Å². The molecule has 1 unspecified atom stereocenters. The van der Waals surface area contributed by atoms with Gasteiger partial charge in [0, 0.05) is 0 Å². The third-order valence-corrected chi connectivity index (χ3v) is 2.85. The molecule has 1 heteroatoms. The quantitative estimate of drug-likeness (QED) is 0.714. The molecular formula is C10H23In. The minimum absolute atomic E-state index is 0.950. The van der Waals surface area contributed by atoms with Gasteiger partial charge in [0.15, 0.2) is 0 Å². The summed E-state index contributed by atoms with van der Waals surface area (Å²) < 4.78 is 2.21. The predicted octanol–water partition coefficient (Wildman–Crippen LogP) is 2.89. The summed E-state index contributed by atoms with van der Waals surface area (Å²) in [7, 11) is 0. The summed E-state index contributed by atoms with van der Waals surface area (Å²) in [5.41, 5.74) is 0. The normalized spacial score (nSPS) is 20.6. The SMILES string of the molecule is CCC(C)C1CCCC1.[CH3][InH2]. The zero-order valence-corrected chi connectivity index (χ0v) is 14.4. The van der Waals surface area contributed by atoms with Crippen molar-refractivity contribution in [2.45, 2.75) is 50.6 Å². The van der Waals surface area contributed by atoms with Crippen LogP contribution in [0.4, 0.5) is 0 Å². The molecule has 0 saturated heterocycles. The van der Waals surface area contributed by atoms with Crippen LogP contribution in [0.1, 0.15) is 46.0 Å². The molecule has 0 aromatic heterocycles. The fourth-order valence-corrected chi connectivity index (χ4v) is 1.86. The summed E-state index contributed by atoms with van der Waals surface area (Å²) in [5, 5.41) is 0. The molecule has 0 aromatic carbocycles. The van der Waals surface area contributed by atoms with Crippen LogP contribution in [0.15, 0.2) is 0 Å². The van der Waals surface area contributed by atoms with Gasteiger partial charge < -0.3 is 0 Å². The van der Waals surface area contributed by atoms with E-state index >= 15 is 0 Å². The second-order valence-electron chi connectivity index (χ2n) is 3.43. The summed E-state index contributed by atoms with van der Waals surface area (Å²) in [5.74, 6) is 2.07. The summed E-state index contributed by atoms with van der Waals surface area (Å²) in [6.07, 6.45) is 7.39. The van der Waals surface area contributed by atoms with E-state index in [1.54, 1.807) is 0 Å². The zero-order chi connectivity index (χ0) is 8.69. The first-order valence-electron chi connectivity index (χ1n) is 5.34. The van der Waals surface area contributed by atoms with E-state index in [2.05, 4.69) is 18.5 Å². The third kappa shape index (κ3) is 4.45. The van der Waals surface area contributed by atoms with Gasteiger partial charge in [0.1, 0.15) is 0 Å². The van der Waals surface area contributed by atoms with E-state index in [1.165, 1.54) is 32.1 Å². The molecule has 0 aromatic rings. The summed E-state index contributed by atoms with van der Waals surface area (Å²) >= 11 is 0.950. The third-order valence-electron chi connectivity index (χ3n) is 2.85. The van der Waals surface area contributed by atoms with E-state index in [-0.39, 0.29) is 0 Å². The predicted molar refractivity (Wildman–Crippen MR) is 55.8 cm³/mol. The molecule has 1 fully saturated rings. The monoisotopic (exact) mass is 258 g/mol. The Morgan fingerprint density at radius 2 is 1.73 bits per heavy atom. The summed E-state index contributed by atoms with van der Waals surface area (Å²) in [6.45, 7) is 4.71. The van der Waals surface area contributed by atoms with Gasteiger partial charge in [0.25, 0.3) is 0 Å². The Labute approximate surface area is 86.7 Å². The van der Waals surface area contributed by atoms with E-state index in [0.717, 1.165) is 36.2 Å². The van der Waals surface area contributed by atoms with E-state index in [1.807, 2.05) is 0 Å². The molecule has 0 heterocycles. The first kappa shape index (κ1) is 11.9. The molecule has 1 atom stereocenters. The number of hydrogen-bond donors (Lipinski definition) is 0. The van der Waals surface area contributed by atoms with Gasteiger partial charge in [0.2, 0.25) is 0 Å². The Morgan fingerprint density at radius 1 is 1.27 bits per heavy atom. The van der Waals surface area contributed by atoms with Gasteiger partial charge in [-0.15, -0.1) is 0 Å². The topological polar surface area (TPSA) is 0 Å². The maximum atomic E-state index is 2.40. The fraction of sp³-hybridized carbons (Fsp3) is 1.00. The van der Waals surface area contributed by atoms with Gasteiger partial charge in [-0.2, -0.15) is 0 Å². The molecule has 1 aliphatic carbocycles. The molecule has 0 radical (unpaired) electrons. The van der Waals surface area contributed by atoms with Crippen LogP contribution in [-0.4, -0.2) is 24.4 Å². The van der Waals surface area contributed by atoms with Crippen molar-refractivity contribution in [2.24, 2.45) is 11.8 Å².